The summed E-state index contributed by atoms with van der Waals surface area (Å²) >= 11 is 2.59. The number of aromatic nitrogens is 1. The predicted molar refractivity (Wildman–Crippen MR) is 119 cm³/mol. The Hall–Kier alpha value is -3.64. The van der Waals surface area contributed by atoms with Gasteiger partial charge >= 0.3 is 5.97 Å². The molecular weight excluding hydrogens is 470 g/mol. The van der Waals surface area contributed by atoms with Gasteiger partial charge in [-0.3, -0.25) is 14.9 Å². The minimum atomic E-state index is -0.840. The summed E-state index contributed by atoms with van der Waals surface area (Å²) in [5.74, 6) is -0.124. The number of amides is 1. The maximum absolute atomic E-state index is 12.7. The summed E-state index contributed by atoms with van der Waals surface area (Å²) < 4.78 is 16.3. The smallest absolute Gasteiger partial charge is 0.340 e. The topological polar surface area (TPSA) is 130 Å². The molecule has 12 heteroatoms. The second kappa shape index (κ2) is 9.88. The first-order chi connectivity index (χ1) is 15.9. The van der Waals surface area contributed by atoms with Crippen LogP contribution < -0.4 is 14.8 Å². The molecule has 0 bridgehead atoms. The zero-order chi connectivity index (χ0) is 23.4. The fraction of sp³-hybridized carbons (Fsp3) is 0.190. The number of ether oxygens (including phenoxy) is 3. The number of esters is 1. The van der Waals surface area contributed by atoms with Crippen LogP contribution in [0.1, 0.15) is 21.6 Å². The van der Waals surface area contributed by atoms with Gasteiger partial charge in [-0.15, -0.1) is 11.3 Å². The van der Waals surface area contributed by atoms with Crippen LogP contribution in [0, 0.1) is 17.0 Å². The molecule has 0 radical (unpaired) electrons. The zero-order valence-electron chi connectivity index (χ0n) is 17.2. The highest BCUT2D eigenvalue weighted by Crippen LogP contribution is 2.35. The summed E-state index contributed by atoms with van der Waals surface area (Å²) in [4.78, 5) is 40.2. The van der Waals surface area contributed by atoms with Crippen molar-refractivity contribution < 1.29 is 28.7 Å². The number of thiazole rings is 1. The van der Waals surface area contributed by atoms with Crippen LogP contribution in [-0.4, -0.2) is 35.2 Å². The monoisotopic (exact) mass is 487 g/mol. The van der Waals surface area contributed by atoms with Crippen LogP contribution in [0.5, 0.6) is 11.5 Å². The molecule has 1 amide bonds. The molecule has 0 unspecified atom stereocenters. The van der Waals surface area contributed by atoms with Gasteiger partial charge in [0.2, 0.25) is 6.79 Å². The van der Waals surface area contributed by atoms with E-state index in [1.165, 1.54) is 35.2 Å². The molecule has 0 fully saturated rings. The molecule has 0 spiro atoms. The van der Waals surface area contributed by atoms with E-state index < -0.39 is 23.4 Å². The van der Waals surface area contributed by atoms with E-state index in [0.717, 1.165) is 17.3 Å². The number of nitrogens with zero attached hydrogens (tertiary/aromatic N) is 2. The molecule has 2 aromatic carbocycles. The van der Waals surface area contributed by atoms with E-state index in [9.17, 15) is 19.7 Å². The first-order valence-corrected chi connectivity index (χ1v) is 11.3. The maximum Gasteiger partial charge on any atom is 0.340 e. The summed E-state index contributed by atoms with van der Waals surface area (Å²) in [5.41, 5.74) is 1.35. The van der Waals surface area contributed by atoms with Crippen molar-refractivity contribution in [1.29, 1.82) is 0 Å². The van der Waals surface area contributed by atoms with Gasteiger partial charge in [0, 0.05) is 34.6 Å². The second-order valence-electron chi connectivity index (χ2n) is 6.83. The average Bonchev–Trinajstić information content (AvgIpc) is 3.44. The van der Waals surface area contributed by atoms with Crippen molar-refractivity contribution >= 4 is 40.7 Å². The molecule has 170 valence electrons. The van der Waals surface area contributed by atoms with Gasteiger partial charge < -0.3 is 19.5 Å². The second-order valence-corrected chi connectivity index (χ2v) is 8.98. The molecule has 1 N–H and O–H groups in total. The predicted octanol–water partition coefficient (Wildman–Crippen LogP) is 3.71. The van der Waals surface area contributed by atoms with Gasteiger partial charge in [-0.2, -0.15) is 0 Å². The first-order valence-electron chi connectivity index (χ1n) is 9.60. The van der Waals surface area contributed by atoms with Crippen molar-refractivity contribution in [2.45, 2.75) is 22.7 Å². The Labute approximate surface area is 196 Å². The van der Waals surface area contributed by atoms with Crippen LogP contribution in [0.3, 0.4) is 0 Å². The van der Waals surface area contributed by atoms with E-state index >= 15 is 0 Å². The molecule has 0 saturated heterocycles. The molecule has 0 saturated carbocycles. The molecule has 10 nitrogen and oxygen atoms in total. The van der Waals surface area contributed by atoms with Crippen LogP contribution in [0.25, 0.3) is 0 Å². The lowest BCUT2D eigenvalue weighted by Gasteiger charge is -2.09. The van der Waals surface area contributed by atoms with E-state index in [-0.39, 0.29) is 24.6 Å². The number of rotatable bonds is 8. The van der Waals surface area contributed by atoms with Gasteiger partial charge in [0.25, 0.3) is 11.6 Å². The highest BCUT2D eigenvalue weighted by Gasteiger charge is 2.21. The Morgan fingerprint density at radius 1 is 1.24 bits per heavy atom. The Morgan fingerprint density at radius 2 is 2.06 bits per heavy atom. The number of benzene rings is 2. The first kappa shape index (κ1) is 22.6. The van der Waals surface area contributed by atoms with Crippen LogP contribution in [0.4, 0.5) is 5.69 Å². The maximum atomic E-state index is 12.7. The summed E-state index contributed by atoms with van der Waals surface area (Å²) in [7, 11) is 0. The molecule has 2 heterocycles. The minimum Gasteiger partial charge on any atom is -0.454 e. The highest BCUT2D eigenvalue weighted by atomic mass is 32.2. The Bertz CT molecular complexity index is 1230. The van der Waals surface area contributed by atoms with Crippen LogP contribution >= 0.6 is 23.1 Å². The van der Waals surface area contributed by atoms with Crippen molar-refractivity contribution in [2.24, 2.45) is 0 Å². The fourth-order valence-corrected chi connectivity index (χ4v) is 4.76. The number of carbonyl (C=O) groups excluding carboxylic acids is 2. The van der Waals surface area contributed by atoms with Crippen molar-refractivity contribution in [2.75, 3.05) is 13.4 Å². The number of fused-ring (bicyclic) bond motifs is 1. The number of carbonyl (C=O) groups is 2. The van der Waals surface area contributed by atoms with Gasteiger partial charge in [0.1, 0.15) is 0 Å². The van der Waals surface area contributed by atoms with Crippen LogP contribution in [0.2, 0.25) is 0 Å². The molecule has 0 atom stereocenters. The number of nitro groups is 1. The third kappa shape index (κ3) is 5.59. The van der Waals surface area contributed by atoms with E-state index in [0.29, 0.717) is 20.7 Å². The third-order valence-electron chi connectivity index (χ3n) is 4.45. The Balaban J connectivity index is 1.38. The van der Waals surface area contributed by atoms with Gasteiger partial charge in [0.15, 0.2) is 22.4 Å². The largest absolute Gasteiger partial charge is 0.454 e. The quantitative estimate of drug-likeness (QED) is 0.287. The van der Waals surface area contributed by atoms with Crippen molar-refractivity contribution in [3.8, 4) is 11.5 Å². The van der Waals surface area contributed by atoms with E-state index in [2.05, 4.69) is 10.3 Å². The molecule has 1 aliphatic rings. The third-order valence-corrected chi connectivity index (χ3v) is 6.58. The van der Waals surface area contributed by atoms with Gasteiger partial charge in [0.05, 0.1) is 10.5 Å². The molecule has 4 rings (SSSR count). The number of hydrogen-bond acceptors (Lipinski definition) is 10. The minimum absolute atomic E-state index is 0.00868. The highest BCUT2D eigenvalue weighted by molar-refractivity contribution is 8.01. The normalized spacial score (nSPS) is 11.8. The fourth-order valence-electron chi connectivity index (χ4n) is 2.86. The van der Waals surface area contributed by atoms with Crippen LogP contribution in [-0.2, 0) is 16.1 Å². The number of non-ortho nitro benzene ring substituents is 1. The zero-order valence-corrected chi connectivity index (χ0v) is 18.9. The summed E-state index contributed by atoms with van der Waals surface area (Å²) in [6, 6.07) is 9.19. The van der Waals surface area contributed by atoms with E-state index in [1.807, 2.05) is 12.3 Å². The van der Waals surface area contributed by atoms with E-state index in [1.54, 1.807) is 18.2 Å². The summed E-state index contributed by atoms with van der Waals surface area (Å²) in [6.07, 6.45) is 0. The number of nitro benzene ring substituents is 1. The van der Waals surface area contributed by atoms with E-state index in [4.69, 9.17) is 14.2 Å². The molecular formula is C21H17N3O7S2. The SMILES string of the molecule is Cc1csc(Sc2ccc([N+](=O)[O-])cc2C(=O)OCC(=O)NCc2ccc3c(c2)OCO3)n1. The summed E-state index contributed by atoms with van der Waals surface area (Å²) in [5, 5.41) is 15.7. The Kier molecular flexibility index (Phi) is 6.75. The van der Waals surface area contributed by atoms with Crippen molar-refractivity contribution in [1.82, 2.24) is 10.3 Å². The van der Waals surface area contributed by atoms with Gasteiger partial charge in [-0.05, 0) is 30.7 Å². The number of aryl methyl sites for hydroxylation is 1. The molecule has 3 aromatic rings. The molecule has 1 aromatic heterocycles. The average molecular weight is 488 g/mol. The van der Waals surface area contributed by atoms with Crippen LogP contribution in [0.15, 0.2) is 51.0 Å². The number of hydrogen-bond donors (Lipinski definition) is 1. The van der Waals surface area contributed by atoms with Gasteiger partial charge in [-0.1, -0.05) is 17.8 Å². The lowest BCUT2D eigenvalue weighted by Crippen LogP contribution is -2.28. The molecule has 1 aliphatic heterocycles. The standard InChI is InChI=1S/C21H17N3O7S2/c1-12-10-32-21(23-12)33-18-5-3-14(24(27)28)7-15(18)20(26)29-9-19(25)22-8-13-2-4-16-17(6-13)31-11-30-16/h2-7,10H,8-9,11H2,1H3,(H,22,25). The van der Waals surface area contributed by atoms with Crippen molar-refractivity contribution in [3.63, 3.8) is 0 Å². The summed E-state index contributed by atoms with van der Waals surface area (Å²) in [6.45, 7) is 1.66. The Morgan fingerprint density at radius 3 is 2.82 bits per heavy atom. The molecule has 0 aliphatic carbocycles. The molecule has 33 heavy (non-hydrogen) atoms. The number of nitrogens with one attached hydrogen (secondary N) is 1. The van der Waals surface area contributed by atoms with Gasteiger partial charge in [-0.25, -0.2) is 9.78 Å². The lowest BCUT2D eigenvalue weighted by molar-refractivity contribution is -0.384. The lowest BCUT2D eigenvalue weighted by atomic mass is 10.2. The van der Waals surface area contributed by atoms with Crippen molar-refractivity contribution in [3.05, 3.63) is 68.7 Å².